The number of nitrogens with zero attached hydrogens (tertiary/aromatic N) is 1. The average Bonchev–Trinajstić information content (AvgIpc) is 3.28. The summed E-state index contributed by atoms with van der Waals surface area (Å²) in [7, 11) is -2.05. The quantitative estimate of drug-likeness (QED) is 0.721. The molecule has 7 nitrogen and oxygen atoms in total. The number of rotatable bonds is 9. The molecule has 0 radical (unpaired) electrons. The fourth-order valence-electron chi connectivity index (χ4n) is 2.51. The molecular weight excluding hydrogens is 356 g/mol. The summed E-state index contributed by atoms with van der Waals surface area (Å²) in [6.45, 7) is 1.02. The third-order valence-corrected chi connectivity index (χ3v) is 5.59. The predicted molar refractivity (Wildman–Crippen MR) is 95.1 cm³/mol. The van der Waals surface area contributed by atoms with Gasteiger partial charge in [-0.15, -0.1) is 0 Å². The zero-order valence-corrected chi connectivity index (χ0v) is 15.4. The standard InChI is InChI=1S/C18H22N2O5S/c1-24-11-9-20(13-16-5-3-10-25-16)18(21)14-4-2-6-17(12-14)26(22,23)19-15-7-8-15/h2-6,10,12,15,19H,7-9,11,13H2,1H3. The van der Waals surface area contributed by atoms with Crippen LogP contribution in [-0.4, -0.2) is 45.5 Å². The Morgan fingerprint density at radius 3 is 2.77 bits per heavy atom. The van der Waals surface area contributed by atoms with E-state index in [1.165, 1.54) is 12.1 Å². The summed E-state index contributed by atoms with van der Waals surface area (Å²) in [4.78, 5) is 14.6. The molecule has 0 bridgehead atoms. The van der Waals surface area contributed by atoms with Crippen LogP contribution in [0.3, 0.4) is 0 Å². The van der Waals surface area contributed by atoms with Crippen LogP contribution >= 0.6 is 0 Å². The lowest BCUT2D eigenvalue weighted by molar-refractivity contribution is 0.0666. The molecule has 1 heterocycles. The largest absolute Gasteiger partial charge is 0.467 e. The minimum absolute atomic E-state index is 0.0107. The van der Waals surface area contributed by atoms with Gasteiger partial charge in [0.15, 0.2) is 0 Å². The van der Waals surface area contributed by atoms with Crippen LogP contribution in [0.4, 0.5) is 0 Å². The Kier molecular flexibility index (Phi) is 5.75. The van der Waals surface area contributed by atoms with Crippen molar-refractivity contribution < 1.29 is 22.4 Å². The van der Waals surface area contributed by atoms with E-state index < -0.39 is 10.0 Å². The molecule has 0 spiro atoms. The van der Waals surface area contributed by atoms with Gasteiger partial charge in [0, 0.05) is 25.3 Å². The van der Waals surface area contributed by atoms with Gasteiger partial charge in [0.2, 0.25) is 10.0 Å². The second-order valence-electron chi connectivity index (χ2n) is 6.22. The van der Waals surface area contributed by atoms with Gasteiger partial charge in [-0.3, -0.25) is 4.79 Å². The van der Waals surface area contributed by atoms with Gasteiger partial charge in [0.05, 0.1) is 24.3 Å². The first kappa shape index (κ1) is 18.6. The maximum absolute atomic E-state index is 12.9. The number of sulfonamides is 1. The molecule has 0 atom stereocenters. The Morgan fingerprint density at radius 2 is 2.12 bits per heavy atom. The molecule has 1 amide bonds. The maximum atomic E-state index is 12.9. The topological polar surface area (TPSA) is 88.8 Å². The van der Waals surface area contributed by atoms with E-state index in [4.69, 9.17) is 9.15 Å². The summed E-state index contributed by atoms with van der Waals surface area (Å²) in [5, 5.41) is 0. The van der Waals surface area contributed by atoms with Crippen LogP contribution in [-0.2, 0) is 21.3 Å². The first-order chi connectivity index (χ1) is 12.5. The summed E-state index contributed by atoms with van der Waals surface area (Å²) in [5.74, 6) is 0.371. The van der Waals surface area contributed by atoms with Gasteiger partial charge in [-0.25, -0.2) is 13.1 Å². The lowest BCUT2D eigenvalue weighted by atomic mass is 10.2. The number of ether oxygens (including phenoxy) is 1. The van der Waals surface area contributed by atoms with E-state index >= 15 is 0 Å². The third-order valence-electron chi connectivity index (χ3n) is 4.07. The number of amides is 1. The van der Waals surface area contributed by atoms with Gasteiger partial charge >= 0.3 is 0 Å². The molecule has 3 rings (SSSR count). The van der Waals surface area contributed by atoms with Gasteiger partial charge in [0.25, 0.3) is 5.91 Å². The minimum atomic E-state index is -3.61. The SMILES string of the molecule is COCCN(Cc1ccco1)C(=O)c1cccc(S(=O)(=O)NC2CC2)c1. The van der Waals surface area contributed by atoms with Crippen molar-refractivity contribution in [2.45, 2.75) is 30.3 Å². The highest BCUT2D eigenvalue weighted by Crippen LogP contribution is 2.23. The fraction of sp³-hybridized carbons (Fsp3) is 0.389. The molecule has 1 N–H and O–H groups in total. The van der Waals surface area contributed by atoms with Crippen molar-refractivity contribution in [1.29, 1.82) is 0 Å². The summed E-state index contributed by atoms with van der Waals surface area (Å²) in [5.41, 5.74) is 0.311. The number of carbonyl (C=O) groups excluding carboxylic acids is 1. The molecule has 1 saturated carbocycles. The first-order valence-electron chi connectivity index (χ1n) is 8.42. The zero-order chi connectivity index (χ0) is 18.6. The molecule has 1 aliphatic carbocycles. The number of hydrogen-bond donors (Lipinski definition) is 1. The van der Waals surface area contributed by atoms with E-state index in [0.717, 1.165) is 12.8 Å². The number of benzene rings is 1. The highest BCUT2D eigenvalue weighted by molar-refractivity contribution is 7.89. The van der Waals surface area contributed by atoms with E-state index in [1.807, 2.05) is 0 Å². The van der Waals surface area contributed by atoms with Gasteiger partial charge in [-0.05, 0) is 43.2 Å². The lowest BCUT2D eigenvalue weighted by Gasteiger charge is -2.21. The number of methoxy groups -OCH3 is 1. The molecule has 1 fully saturated rings. The van der Waals surface area contributed by atoms with E-state index in [2.05, 4.69) is 4.72 Å². The zero-order valence-electron chi connectivity index (χ0n) is 14.6. The average molecular weight is 378 g/mol. The van der Waals surface area contributed by atoms with Crippen molar-refractivity contribution >= 4 is 15.9 Å². The molecular formula is C18H22N2O5S. The molecule has 0 aliphatic heterocycles. The molecule has 1 aromatic heterocycles. The normalized spacial score (nSPS) is 14.3. The summed E-state index contributed by atoms with van der Waals surface area (Å²) < 4.78 is 37.8. The number of furan rings is 1. The van der Waals surface area contributed by atoms with Crippen LogP contribution in [0.1, 0.15) is 29.0 Å². The summed E-state index contributed by atoms with van der Waals surface area (Å²) in [6, 6.07) is 9.65. The maximum Gasteiger partial charge on any atom is 0.254 e. The van der Waals surface area contributed by atoms with E-state index in [9.17, 15) is 13.2 Å². The highest BCUT2D eigenvalue weighted by Gasteiger charge is 2.28. The van der Waals surface area contributed by atoms with Crippen molar-refractivity contribution in [3.63, 3.8) is 0 Å². The summed E-state index contributed by atoms with van der Waals surface area (Å²) in [6.07, 6.45) is 3.25. The van der Waals surface area contributed by atoms with E-state index in [0.29, 0.717) is 24.5 Å². The van der Waals surface area contributed by atoms with Crippen LogP contribution in [0.5, 0.6) is 0 Å². The Hall–Kier alpha value is -2.16. The van der Waals surface area contributed by atoms with Crippen LogP contribution in [0.15, 0.2) is 52.0 Å². The van der Waals surface area contributed by atoms with Crippen LogP contribution < -0.4 is 4.72 Å². The minimum Gasteiger partial charge on any atom is -0.467 e. The first-order valence-corrected chi connectivity index (χ1v) is 9.91. The number of nitrogens with one attached hydrogen (secondary N) is 1. The predicted octanol–water partition coefficient (Wildman–Crippen LogP) is 2.01. The van der Waals surface area contributed by atoms with Crippen molar-refractivity contribution in [2.24, 2.45) is 0 Å². The highest BCUT2D eigenvalue weighted by atomic mass is 32.2. The van der Waals surface area contributed by atoms with Crippen molar-refractivity contribution in [3.05, 3.63) is 54.0 Å². The van der Waals surface area contributed by atoms with Crippen molar-refractivity contribution in [3.8, 4) is 0 Å². The molecule has 26 heavy (non-hydrogen) atoms. The molecule has 140 valence electrons. The van der Waals surface area contributed by atoms with Gasteiger partial charge in [-0.1, -0.05) is 6.07 Å². The monoisotopic (exact) mass is 378 g/mol. The fourth-order valence-corrected chi connectivity index (χ4v) is 3.86. The Morgan fingerprint density at radius 1 is 1.31 bits per heavy atom. The Bertz CT molecular complexity index is 844. The second-order valence-corrected chi connectivity index (χ2v) is 7.94. The van der Waals surface area contributed by atoms with Gasteiger partial charge in [0.1, 0.15) is 5.76 Å². The van der Waals surface area contributed by atoms with E-state index in [-0.39, 0.29) is 23.4 Å². The number of hydrogen-bond acceptors (Lipinski definition) is 5. The molecule has 2 aromatic rings. The van der Waals surface area contributed by atoms with Crippen LogP contribution in [0.25, 0.3) is 0 Å². The number of carbonyl (C=O) groups is 1. The molecule has 0 saturated heterocycles. The summed E-state index contributed by atoms with van der Waals surface area (Å²) >= 11 is 0. The molecule has 1 aliphatic rings. The van der Waals surface area contributed by atoms with Crippen molar-refractivity contribution in [1.82, 2.24) is 9.62 Å². The second kappa shape index (κ2) is 8.03. The van der Waals surface area contributed by atoms with Crippen LogP contribution in [0.2, 0.25) is 0 Å². The molecule has 8 heteroatoms. The Labute approximate surface area is 153 Å². The smallest absolute Gasteiger partial charge is 0.254 e. The van der Waals surface area contributed by atoms with E-state index in [1.54, 1.807) is 42.5 Å². The lowest BCUT2D eigenvalue weighted by Crippen LogP contribution is -2.33. The van der Waals surface area contributed by atoms with Crippen molar-refractivity contribution in [2.75, 3.05) is 20.3 Å². The van der Waals surface area contributed by atoms with Crippen LogP contribution in [0, 0.1) is 0 Å². The third kappa shape index (κ3) is 4.72. The molecule has 0 unspecified atom stereocenters. The van der Waals surface area contributed by atoms with Gasteiger partial charge < -0.3 is 14.1 Å². The Balaban J connectivity index is 1.80. The van der Waals surface area contributed by atoms with Gasteiger partial charge in [-0.2, -0.15) is 0 Å². The molecule has 1 aromatic carbocycles.